The summed E-state index contributed by atoms with van der Waals surface area (Å²) in [7, 11) is 0. The summed E-state index contributed by atoms with van der Waals surface area (Å²) in [6.45, 7) is 7.29. The highest BCUT2D eigenvalue weighted by atomic mass is 16.5. The predicted octanol–water partition coefficient (Wildman–Crippen LogP) is 4.75. The van der Waals surface area contributed by atoms with Crippen LogP contribution in [0.4, 0.5) is 4.79 Å². The van der Waals surface area contributed by atoms with Gasteiger partial charge in [0.25, 0.3) is 0 Å². The van der Waals surface area contributed by atoms with Crippen LogP contribution < -0.4 is 5.32 Å². The molecule has 2 aromatic rings. The molecule has 0 aliphatic carbocycles. The van der Waals surface area contributed by atoms with Crippen molar-refractivity contribution in [2.75, 3.05) is 13.2 Å². The number of ether oxygens (including phenoxy) is 2. The van der Waals surface area contributed by atoms with E-state index in [0.717, 1.165) is 11.1 Å². The Bertz CT molecular complexity index is 876. The molecule has 5 nitrogen and oxygen atoms in total. The van der Waals surface area contributed by atoms with Crippen molar-refractivity contribution < 1.29 is 14.3 Å². The SMILES string of the molecule is CC(C)(C)NC(=O)OCCC1COCc2c(-c3ccc(C#N)cc3)cccc21. The van der Waals surface area contributed by atoms with Crippen molar-refractivity contribution in [3.05, 3.63) is 59.2 Å². The molecule has 0 bridgehead atoms. The van der Waals surface area contributed by atoms with Crippen LogP contribution in [0.5, 0.6) is 0 Å². The molecule has 0 saturated heterocycles. The summed E-state index contributed by atoms with van der Waals surface area (Å²) in [4.78, 5) is 11.8. The van der Waals surface area contributed by atoms with E-state index in [1.54, 1.807) is 0 Å². The highest BCUT2D eigenvalue weighted by molar-refractivity contribution is 5.70. The van der Waals surface area contributed by atoms with Crippen molar-refractivity contribution >= 4 is 6.09 Å². The van der Waals surface area contributed by atoms with Crippen LogP contribution in [0, 0.1) is 11.3 Å². The molecule has 2 aromatic carbocycles. The number of nitriles is 1. The number of carbonyl (C=O) groups excluding carboxylic acids is 1. The first-order valence-corrected chi connectivity index (χ1v) is 9.52. The summed E-state index contributed by atoms with van der Waals surface area (Å²) < 4.78 is 11.2. The maximum Gasteiger partial charge on any atom is 0.407 e. The molecule has 5 heteroatoms. The van der Waals surface area contributed by atoms with Gasteiger partial charge in [-0.2, -0.15) is 5.26 Å². The molecule has 3 rings (SSSR count). The Hall–Kier alpha value is -2.84. The van der Waals surface area contributed by atoms with E-state index in [0.29, 0.717) is 31.8 Å². The minimum atomic E-state index is -0.393. The lowest BCUT2D eigenvalue weighted by atomic mass is 9.86. The molecule has 0 spiro atoms. The topological polar surface area (TPSA) is 71.3 Å². The molecule has 1 heterocycles. The van der Waals surface area contributed by atoms with Crippen LogP contribution in [0.25, 0.3) is 11.1 Å². The molecule has 146 valence electrons. The number of nitrogens with one attached hydrogen (secondary N) is 1. The first-order valence-electron chi connectivity index (χ1n) is 9.52. The molecule has 1 amide bonds. The minimum Gasteiger partial charge on any atom is -0.450 e. The zero-order chi connectivity index (χ0) is 20.1. The molecule has 1 N–H and O–H groups in total. The molecule has 0 saturated carbocycles. The van der Waals surface area contributed by atoms with Gasteiger partial charge in [0.2, 0.25) is 0 Å². The van der Waals surface area contributed by atoms with E-state index in [9.17, 15) is 4.79 Å². The fourth-order valence-corrected chi connectivity index (χ4v) is 3.41. The number of rotatable bonds is 4. The largest absolute Gasteiger partial charge is 0.450 e. The van der Waals surface area contributed by atoms with E-state index in [2.05, 4.69) is 29.6 Å². The Labute approximate surface area is 166 Å². The molecule has 0 radical (unpaired) electrons. The van der Waals surface area contributed by atoms with Crippen LogP contribution >= 0.6 is 0 Å². The van der Waals surface area contributed by atoms with E-state index in [1.807, 2.05) is 45.0 Å². The third-order valence-corrected chi connectivity index (χ3v) is 4.72. The van der Waals surface area contributed by atoms with Crippen molar-refractivity contribution in [1.82, 2.24) is 5.32 Å². The zero-order valence-electron chi connectivity index (χ0n) is 16.6. The molecular formula is C23H26N2O3. The summed E-state index contributed by atoms with van der Waals surface area (Å²) >= 11 is 0. The summed E-state index contributed by atoms with van der Waals surface area (Å²) in [6, 6.07) is 16.0. The molecule has 28 heavy (non-hydrogen) atoms. The van der Waals surface area contributed by atoms with Crippen molar-refractivity contribution in [1.29, 1.82) is 5.26 Å². The van der Waals surface area contributed by atoms with Gasteiger partial charge in [-0.15, -0.1) is 0 Å². The molecule has 1 aliphatic rings. The van der Waals surface area contributed by atoms with Crippen molar-refractivity contribution in [3.8, 4) is 17.2 Å². The second kappa shape index (κ2) is 8.45. The average Bonchev–Trinajstić information content (AvgIpc) is 2.66. The Balaban J connectivity index is 1.72. The van der Waals surface area contributed by atoms with Gasteiger partial charge in [-0.1, -0.05) is 30.3 Å². The monoisotopic (exact) mass is 378 g/mol. The van der Waals surface area contributed by atoms with Crippen molar-refractivity contribution in [3.63, 3.8) is 0 Å². The van der Waals surface area contributed by atoms with Crippen LogP contribution in [-0.4, -0.2) is 24.8 Å². The second-order valence-corrected chi connectivity index (χ2v) is 8.07. The van der Waals surface area contributed by atoms with Crippen molar-refractivity contribution in [2.24, 2.45) is 0 Å². The van der Waals surface area contributed by atoms with Gasteiger partial charge in [0.15, 0.2) is 0 Å². The molecule has 0 aromatic heterocycles. The smallest absolute Gasteiger partial charge is 0.407 e. The van der Waals surface area contributed by atoms with E-state index in [4.69, 9.17) is 14.7 Å². The third kappa shape index (κ3) is 4.90. The van der Waals surface area contributed by atoms with Gasteiger partial charge in [0, 0.05) is 11.5 Å². The average molecular weight is 378 g/mol. The zero-order valence-corrected chi connectivity index (χ0v) is 16.6. The van der Waals surface area contributed by atoms with Crippen LogP contribution in [0.15, 0.2) is 42.5 Å². The van der Waals surface area contributed by atoms with Gasteiger partial charge in [-0.3, -0.25) is 0 Å². The first kappa shape index (κ1) is 19.9. The van der Waals surface area contributed by atoms with E-state index >= 15 is 0 Å². The van der Waals surface area contributed by atoms with Crippen LogP contribution in [0.2, 0.25) is 0 Å². The number of carbonyl (C=O) groups is 1. The maximum atomic E-state index is 11.8. The van der Waals surface area contributed by atoms with E-state index < -0.39 is 6.09 Å². The number of amides is 1. The standard InChI is InChI=1S/C23H26N2O3/c1-23(2,3)25-22(26)28-12-11-18-14-27-15-21-19(5-4-6-20(18)21)17-9-7-16(13-24)8-10-17/h4-10,18H,11-12,14-15H2,1-3H3,(H,25,26). The van der Waals surface area contributed by atoms with Crippen LogP contribution in [-0.2, 0) is 16.1 Å². The number of hydrogen-bond acceptors (Lipinski definition) is 4. The van der Waals surface area contributed by atoms with Gasteiger partial charge in [-0.05, 0) is 61.6 Å². The van der Waals surface area contributed by atoms with E-state index in [-0.39, 0.29) is 11.5 Å². The number of alkyl carbamates (subject to hydrolysis) is 1. The minimum absolute atomic E-state index is 0.185. The Morgan fingerprint density at radius 2 is 2.00 bits per heavy atom. The first-order chi connectivity index (χ1) is 13.4. The molecular weight excluding hydrogens is 352 g/mol. The highest BCUT2D eigenvalue weighted by Crippen LogP contribution is 2.35. The highest BCUT2D eigenvalue weighted by Gasteiger charge is 2.24. The number of benzene rings is 2. The molecule has 0 fully saturated rings. The third-order valence-electron chi connectivity index (χ3n) is 4.72. The van der Waals surface area contributed by atoms with E-state index in [1.165, 1.54) is 11.1 Å². The van der Waals surface area contributed by atoms with Crippen LogP contribution in [0.3, 0.4) is 0 Å². The lowest BCUT2D eigenvalue weighted by Gasteiger charge is -2.28. The van der Waals surface area contributed by atoms with Gasteiger partial charge < -0.3 is 14.8 Å². The fourth-order valence-electron chi connectivity index (χ4n) is 3.41. The molecule has 1 aliphatic heterocycles. The lowest BCUT2D eigenvalue weighted by Crippen LogP contribution is -2.41. The van der Waals surface area contributed by atoms with Crippen LogP contribution in [0.1, 0.15) is 49.8 Å². The summed E-state index contributed by atoms with van der Waals surface area (Å²) in [5.74, 6) is 0.185. The Kier molecular flexibility index (Phi) is 6.01. The van der Waals surface area contributed by atoms with Gasteiger partial charge >= 0.3 is 6.09 Å². The molecule has 1 unspecified atom stereocenters. The van der Waals surface area contributed by atoms with Gasteiger partial charge in [0.1, 0.15) is 0 Å². The van der Waals surface area contributed by atoms with Crippen molar-refractivity contribution in [2.45, 2.75) is 45.3 Å². The summed E-state index contributed by atoms with van der Waals surface area (Å²) in [5, 5.41) is 11.8. The predicted molar refractivity (Wildman–Crippen MR) is 108 cm³/mol. The quantitative estimate of drug-likeness (QED) is 0.833. The van der Waals surface area contributed by atoms with Gasteiger partial charge in [0.05, 0.1) is 31.5 Å². The number of fused-ring (bicyclic) bond motifs is 1. The number of nitrogens with zero attached hydrogens (tertiary/aromatic N) is 1. The lowest BCUT2D eigenvalue weighted by molar-refractivity contribution is 0.0783. The van der Waals surface area contributed by atoms with Gasteiger partial charge in [-0.25, -0.2) is 4.79 Å². The summed E-state index contributed by atoms with van der Waals surface area (Å²) in [6.07, 6.45) is 0.317. The normalized spacial score (nSPS) is 16.0. The Morgan fingerprint density at radius 3 is 2.68 bits per heavy atom. The second-order valence-electron chi connectivity index (χ2n) is 8.07. The molecule has 1 atom stereocenters. The Morgan fingerprint density at radius 1 is 1.25 bits per heavy atom. The summed E-state index contributed by atoms with van der Waals surface area (Å²) in [5.41, 5.74) is 4.94. The maximum absolute atomic E-state index is 11.8. The fraction of sp³-hybridized carbons (Fsp3) is 0.391. The number of hydrogen-bond donors (Lipinski definition) is 1.